The minimum absolute atomic E-state index is 0.127. The van der Waals surface area contributed by atoms with Crippen LogP contribution in [0, 0.1) is 5.82 Å². The van der Waals surface area contributed by atoms with Crippen molar-refractivity contribution in [2.75, 3.05) is 49.1 Å². The van der Waals surface area contributed by atoms with Gasteiger partial charge in [-0.05, 0) is 43.4 Å². The number of benzene rings is 2. The van der Waals surface area contributed by atoms with E-state index < -0.39 is 17.5 Å². The number of amides is 2. The lowest BCUT2D eigenvalue weighted by Crippen LogP contribution is -2.49. The lowest BCUT2D eigenvalue weighted by molar-refractivity contribution is 0.0736. The Morgan fingerprint density at radius 3 is 2.65 bits per heavy atom. The number of nitrogens with one attached hydrogen (secondary N) is 1. The first-order valence-electron chi connectivity index (χ1n) is 11.9. The summed E-state index contributed by atoms with van der Waals surface area (Å²) in [5, 5.41) is 16.6. The van der Waals surface area contributed by atoms with Crippen molar-refractivity contribution in [2.24, 2.45) is 7.05 Å². The Hall–Kier alpha value is -3.93. The number of nitrogens with zero attached hydrogens (tertiary/aromatic N) is 5. The molecule has 194 valence electrons. The molecule has 2 saturated heterocycles. The smallest absolute Gasteiger partial charge is 0.415 e. The van der Waals surface area contributed by atoms with E-state index in [-0.39, 0.29) is 24.2 Å². The number of carbonyl (C=O) groups excluding carboxylic acids is 2. The molecule has 2 aliphatic heterocycles. The van der Waals surface area contributed by atoms with E-state index in [1.807, 2.05) is 36.2 Å². The van der Waals surface area contributed by atoms with Gasteiger partial charge in [0.1, 0.15) is 11.4 Å². The van der Waals surface area contributed by atoms with Gasteiger partial charge in [0.25, 0.3) is 11.1 Å². The minimum Gasteiger partial charge on any atom is -0.487 e. The molecule has 1 aromatic heterocycles. The van der Waals surface area contributed by atoms with Crippen molar-refractivity contribution in [3.8, 4) is 0 Å². The maximum atomic E-state index is 15.2. The summed E-state index contributed by atoms with van der Waals surface area (Å²) in [5.74, 6) is -0.608. The SMILES string of the molecule is Cn1nc(C(=O)N2CCN(c3ccc(N4C[C@](C)(CNC(O)=S)OC4=O)cc3F)CC2)c2ccccc21. The van der Waals surface area contributed by atoms with Gasteiger partial charge in [-0.3, -0.25) is 14.4 Å². The van der Waals surface area contributed by atoms with Gasteiger partial charge in [0, 0.05) is 38.6 Å². The Bertz CT molecular complexity index is 1390. The Balaban J connectivity index is 1.25. The van der Waals surface area contributed by atoms with E-state index in [4.69, 9.17) is 4.74 Å². The fourth-order valence-corrected chi connectivity index (χ4v) is 4.91. The lowest BCUT2D eigenvalue weighted by Gasteiger charge is -2.36. The molecule has 2 N–H and O–H groups in total. The Labute approximate surface area is 218 Å². The molecule has 2 aromatic carbocycles. The maximum Gasteiger partial charge on any atom is 0.415 e. The number of cyclic esters (lactones) is 1. The van der Waals surface area contributed by atoms with Gasteiger partial charge in [0.05, 0.1) is 30.0 Å². The van der Waals surface area contributed by atoms with Crippen molar-refractivity contribution in [1.29, 1.82) is 0 Å². The standard InChI is InChI=1S/C25H27FN6O4S/c1-25(14-27-23(34)37)15-32(24(35)36-25)16-7-8-20(18(26)13-16)30-9-11-31(12-10-30)22(33)21-17-5-3-4-6-19(17)29(2)28-21/h3-8,13H,9-12,14-15H2,1-2H3,(H2,27,34,37)/t25-/m0/s1. The second-order valence-electron chi connectivity index (χ2n) is 9.47. The molecule has 0 unspecified atom stereocenters. The van der Waals surface area contributed by atoms with Crippen LogP contribution in [-0.2, 0) is 11.8 Å². The molecule has 0 radical (unpaired) electrons. The van der Waals surface area contributed by atoms with Gasteiger partial charge in [-0.2, -0.15) is 5.10 Å². The molecule has 2 aliphatic rings. The molecule has 10 nitrogen and oxygen atoms in total. The van der Waals surface area contributed by atoms with Crippen LogP contribution in [-0.4, -0.2) is 81.8 Å². The number of aryl methyl sites for hydroxylation is 1. The third-order valence-corrected chi connectivity index (χ3v) is 6.92. The van der Waals surface area contributed by atoms with E-state index in [2.05, 4.69) is 22.6 Å². The van der Waals surface area contributed by atoms with E-state index in [0.717, 1.165) is 10.9 Å². The highest BCUT2D eigenvalue weighted by atomic mass is 32.1. The quantitative estimate of drug-likeness (QED) is 0.490. The van der Waals surface area contributed by atoms with Crippen molar-refractivity contribution < 1.29 is 23.8 Å². The minimum atomic E-state index is -0.930. The number of aliphatic hydroxyl groups excluding tert-OH is 1. The normalized spacial score (nSPS) is 19.9. The number of aromatic nitrogens is 2. The van der Waals surface area contributed by atoms with E-state index in [1.54, 1.807) is 28.6 Å². The zero-order valence-electron chi connectivity index (χ0n) is 20.5. The van der Waals surface area contributed by atoms with Crippen molar-refractivity contribution >= 4 is 51.7 Å². The van der Waals surface area contributed by atoms with Gasteiger partial charge in [0.15, 0.2) is 5.69 Å². The van der Waals surface area contributed by atoms with Crippen molar-refractivity contribution in [1.82, 2.24) is 20.0 Å². The summed E-state index contributed by atoms with van der Waals surface area (Å²) in [5.41, 5.74) is 1.16. The number of piperazine rings is 1. The highest BCUT2D eigenvalue weighted by Crippen LogP contribution is 2.31. The fourth-order valence-electron chi connectivity index (χ4n) is 4.84. The van der Waals surface area contributed by atoms with Gasteiger partial charge in [-0.15, -0.1) is 0 Å². The first kappa shape index (κ1) is 24.8. The Morgan fingerprint density at radius 1 is 1.22 bits per heavy atom. The molecule has 5 rings (SSSR count). The van der Waals surface area contributed by atoms with E-state index >= 15 is 4.39 Å². The summed E-state index contributed by atoms with van der Waals surface area (Å²) < 4.78 is 22.3. The number of anilines is 2. The summed E-state index contributed by atoms with van der Waals surface area (Å²) in [6, 6.07) is 12.2. The van der Waals surface area contributed by atoms with Gasteiger partial charge < -0.3 is 25.0 Å². The van der Waals surface area contributed by atoms with Crippen molar-refractivity contribution in [2.45, 2.75) is 12.5 Å². The molecule has 3 heterocycles. The topological polar surface area (TPSA) is 103 Å². The fraction of sp³-hybridized carbons (Fsp3) is 0.360. The summed E-state index contributed by atoms with van der Waals surface area (Å²) in [6.07, 6.45) is -0.602. The van der Waals surface area contributed by atoms with Crippen LogP contribution in [0.5, 0.6) is 0 Å². The van der Waals surface area contributed by atoms with Crippen LogP contribution in [0.15, 0.2) is 42.5 Å². The van der Waals surface area contributed by atoms with Crippen LogP contribution in [0.2, 0.25) is 0 Å². The molecule has 12 heteroatoms. The third-order valence-electron chi connectivity index (χ3n) is 6.77. The number of rotatable bonds is 5. The van der Waals surface area contributed by atoms with E-state index in [9.17, 15) is 14.7 Å². The number of hydrogen-bond donors (Lipinski definition) is 2. The first-order valence-corrected chi connectivity index (χ1v) is 12.3. The highest BCUT2D eigenvalue weighted by molar-refractivity contribution is 7.79. The molecular formula is C25H27FN6O4S. The zero-order valence-corrected chi connectivity index (χ0v) is 21.3. The Kier molecular flexibility index (Phi) is 6.36. The maximum absolute atomic E-state index is 15.2. The van der Waals surface area contributed by atoms with Crippen molar-refractivity contribution in [3.05, 3.63) is 54.0 Å². The molecule has 2 fully saturated rings. The van der Waals surface area contributed by atoms with Gasteiger partial charge in [-0.1, -0.05) is 18.2 Å². The van der Waals surface area contributed by atoms with Crippen LogP contribution >= 0.6 is 12.2 Å². The first-order chi connectivity index (χ1) is 17.6. The largest absolute Gasteiger partial charge is 0.487 e. The number of fused-ring (bicyclic) bond motifs is 1. The highest BCUT2D eigenvalue weighted by Gasteiger charge is 2.42. The molecule has 0 saturated carbocycles. The summed E-state index contributed by atoms with van der Waals surface area (Å²) >= 11 is 4.60. The average molecular weight is 527 g/mol. The molecule has 2 amide bonds. The number of carbonyl (C=O) groups is 2. The summed E-state index contributed by atoms with van der Waals surface area (Å²) in [7, 11) is 1.81. The molecule has 3 aromatic rings. The predicted molar refractivity (Wildman–Crippen MR) is 141 cm³/mol. The second kappa shape index (κ2) is 9.51. The van der Waals surface area contributed by atoms with Crippen molar-refractivity contribution in [3.63, 3.8) is 0 Å². The van der Waals surface area contributed by atoms with Crippen LogP contribution < -0.4 is 15.1 Å². The summed E-state index contributed by atoms with van der Waals surface area (Å²) in [4.78, 5) is 30.6. The second-order valence-corrected chi connectivity index (χ2v) is 9.85. The predicted octanol–water partition coefficient (Wildman–Crippen LogP) is 2.82. The molecule has 0 bridgehead atoms. The molecule has 0 spiro atoms. The number of para-hydroxylation sites is 1. The lowest BCUT2D eigenvalue weighted by atomic mass is 10.1. The monoisotopic (exact) mass is 526 g/mol. The molecular weight excluding hydrogens is 499 g/mol. The molecule has 1 atom stereocenters. The number of halogens is 1. The molecule has 37 heavy (non-hydrogen) atoms. The van der Waals surface area contributed by atoms with Crippen LogP contribution in [0.25, 0.3) is 10.9 Å². The van der Waals surface area contributed by atoms with Crippen LogP contribution in [0.3, 0.4) is 0 Å². The Morgan fingerprint density at radius 2 is 1.95 bits per heavy atom. The summed E-state index contributed by atoms with van der Waals surface area (Å²) in [6.45, 7) is 3.79. The third kappa shape index (κ3) is 4.76. The number of hydrogen-bond acceptors (Lipinski definition) is 6. The van der Waals surface area contributed by atoms with Gasteiger partial charge >= 0.3 is 6.09 Å². The van der Waals surface area contributed by atoms with E-state index in [1.165, 1.54) is 11.0 Å². The van der Waals surface area contributed by atoms with Gasteiger partial charge in [0.2, 0.25) is 0 Å². The van der Waals surface area contributed by atoms with Crippen LogP contribution in [0.1, 0.15) is 17.4 Å². The number of aliphatic hydroxyl groups is 1. The van der Waals surface area contributed by atoms with Crippen LogP contribution in [0.4, 0.5) is 20.6 Å². The molecule has 0 aliphatic carbocycles. The van der Waals surface area contributed by atoms with Gasteiger partial charge in [-0.25, -0.2) is 9.18 Å². The van der Waals surface area contributed by atoms with E-state index in [0.29, 0.717) is 43.2 Å². The zero-order chi connectivity index (χ0) is 26.3. The number of thiocarbonyl (C=S) groups is 1. The average Bonchev–Trinajstić information content (AvgIpc) is 3.38. The number of ether oxygens (including phenoxy) is 1.